The Balaban J connectivity index is 0.00000205. The highest BCUT2D eigenvalue weighted by Gasteiger charge is 2.51. The molecule has 0 radical (unpaired) electrons. The van der Waals surface area contributed by atoms with E-state index >= 15 is 0 Å². The van der Waals surface area contributed by atoms with Crippen LogP contribution < -0.4 is 14.8 Å². The van der Waals surface area contributed by atoms with Crippen molar-refractivity contribution in [1.29, 1.82) is 0 Å². The second kappa shape index (κ2) is 6.26. The van der Waals surface area contributed by atoms with E-state index in [-0.39, 0.29) is 19.9 Å². The van der Waals surface area contributed by atoms with Crippen LogP contribution in [0.15, 0.2) is 36.4 Å². The maximum Gasteiger partial charge on any atom is 0.235 e. The van der Waals surface area contributed by atoms with Crippen LogP contribution >= 0.6 is 0 Å². The van der Waals surface area contributed by atoms with Gasteiger partial charge in [-0.15, -0.1) is 0 Å². The molecule has 28 heavy (non-hydrogen) atoms. The maximum absolute atomic E-state index is 14.5. The van der Waals surface area contributed by atoms with Crippen molar-refractivity contribution in [2.24, 2.45) is 0 Å². The van der Waals surface area contributed by atoms with Gasteiger partial charge in [-0.05, 0) is 55.2 Å². The number of aromatic amines is 1. The van der Waals surface area contributed by atoms with E-state index in [2.05, 4.69) is 17.2 Å². The first-order valence-corrected chi connectivity index (χ1v) is 9.62. The van der Waals surface area contributed by atoms with Crippen molar-refractivity contribution in [2.45, 2.75) is 38.0 Å². The molecular weight excluding hydrogens is 359 g/mol. The van der Waals surface area contributed by atoms with Gasteiger partial charge in [-0.25, -0.2) is 4.39 Å². The van der Waals surface area contributed by atoms with Crippen LogP contribution in [-0.4, -0.2) is 17.7 Å². The fraction of sp³-hybridized carbons (Fsp3) is 0.318. The summed E-state index contributed by atoms with van der Waals surface area (Å²) in [6.07, 6.45) is 3.36. The van der Waals surface area contributed by atoms with Crippen LogP contribution in [0.1, 0.15) is 38.9 Å². The number of hydrogen-bond acceptors (Lipinski definition) is 3. The summed E-state index contributed by atoms with van der Waals surface area (Å²) >= 11 is 0. The first kappa shape index (κ1) is 17.1. The third-order valence-electron chi connectivity index (χ3n) is 5.62. The van der Waals surface area contributed by atoms with E-state index in [4.69, 9.17) is 9.47 Å². The minimum Gasteiger partial charge on any atom is -0.454 e. The molecule has 0 saturated heterocycles. The first-order chi connectivity index (χ1) is 13.6. The number of amides is 1. The molecule has 1 aliphatic carbocycles. The number of carbonyl (C=O) groups excluding carboxylic acids is 1. The number of carbonyl (C=O) groups is 1. The lowest BCUT2D eigenvalue weighted by molar-refractivity contribution is -0.118. The van der Waals surface area contributed by atoms with Gasteiger partial charge in [0.15, 0.2) is 11.5 Å². The maximum atomic E-state index is 14.5. The van der Waals surface area contributed by atoms with Crippen molar-refractivity contribution < 1.29 is 20.1 Å². The predicted octanol–water partition coefficient (Wildman–Crippen LogP) is 4.90. The second-order valence-electron chi connectivity index (χ2n) is 7.57. The number of nitrogens with one attached hydrogen (secondary N) is 2. The SMILES string of the molecule is CCCc1cc2cc(NC(=O)C3(c4ccc5c(c4)OCO5)CC3)cc(F)c2[nH]1.[HH]. The van der Waals surface area contributed by atoms with Gasteiger partial charge >= 0.3 is 0 Å². The third kappa shape index (κ3) is 2.71. The van der Waals surface area contributed by atoms with Crippen LogP contribution in [0.3, 0.4) is 0 Å². The molecule has 3 aromatic rings. The minimum atomic E-state index is -0.585. The highest BCUT2D eigenvalue weighted by Crippen LogP contribution is 2.51. The molecule has 0 spiro atoms. The van der Waals surface area contributed by atoms with Crippen molar-refractivity contribution in [3.63, 3.8) is 0 Å². The van der Waals surface area contributed by atoms with Gasteiger partial charge in [0.05, 0.1) is 10.9 Å². The Morgan fingerprint density at radius 2 is 2.04 bits per heavy atom. The molecule has 1 saturated carbocycles. The molecule has 146 valence electrons. The molecule has 0 atom stereocenters. The summed E-state index contributed by atoms with van der Waals surface area (Å²) in [5.74, 6) is 0.889. The fourth-order valence-corrected chi connectivity index (χ4v) is 3.95. The van der Waals surface area contributed by atoms with Crippen LogP contribution in [0.25, 0.3) is 10.9 Å². The number of benzene rings is 2. The monoisotopic (exact) mass is 382 g/mol. The van der Waals surface area contributed by atoms with Gasteiger partial charge in [0.25, 0.3) is 0 Å². The van der Waals surface area contributed by atoms with Gasteiger partial charge in [-0.1, -0.05) is 19.4 Å². The van der Waals surface area contributed by atoms with E-state index in [1.807, 2.05) is 30.3 Å². The first-order valence-electron chi connectivity index (χ1n) is 9.62. The molecule has 1 amide bonds. The molecule has 5 rings (SSSR count). The molecule has 2 aliphatic rings. The topological polar surface area (TPSA) is 63.4 Å². The van der Waals surface area contributed by atoms with Gasteiger partial charge in [0.2, 0.25) is 12.7 Å². The normalized spacial score (nSPS) is 16.4. The zero-order valence-electron chi connectivity index (χ0n) is 15.6. The Morgan fingerprint density at radius 1 is 1.21 bits per heavy atom. The average Bonchev–Trinajstić information content (AvgIpc) is 3.17. The lowest BCUT2D eigenvalue weighted by Gasteiger charge is -2.16. The van der Waals surface area contributed by atoms with Crippen molar-refractivity contribution in [3.8, 4) is 11.5 Å². The Morgan fingerprint density at radius 3 is 2.82 bits per heavy atom. The van der Waals surface area contributed by atoms with E-state index in [9.17, 15) is 9.18 Å². The number of aromatic nitrogens is 1. The number of H-pyrrole nitrogens is 1. The lowest BCUT2D eigenvalue weighted by Crippen LogP contribution is -2.27. The van der Waals surface area contributed by atoms with E-state index < -0.39 is 5.41 Å². The summed E-state index contributed by atoms with van der Waals surface area (Å²) in [6, 6.07) is 10.8. The van der Waals surface area contributed by atoms with Crippen LogP contribution in [0.2, 0.25) is 0 Å². The average molecular weight is 382 g/mol. The summed E-state index contributed by atoms with van der Waals surface area (Å²) < 4.78 is 25.3. The minimum absolute atomic E-state index is 0. The van der Waals surface area contributed by atoms with Crippen molar-refractivity contribution >= 4 is 22.5 Å². The van der Waals surface area contributed by atoms with Gasteiger partial charge in [-0.2, -0.15) is 0 Å². The predicted molar refractivity (Wildman–Crippen MR) is 106 cm³/mol. The molecule has 6 heteroatoms. The second-order valence-corrected chi connectivity index (χ2v) is 7.57. The van der Waals surface area contributed by atoms with E-state index in [1.54, 1.807) is 0 Å². The summed E-state index contributed by atoms with van der Waals surface area (Å²) in [7, 11) is 0. The summed E-state index contributed by atoms with van der Waals surface area (Å²) in [5.41, 5.74) is 2.28. The van der Waals surface area contributed by atoms with Crippen molar-refractivity contribution in [3.05, 3.63) is 53.5 Å². The standard InChI is InChI=1S/C22H21FN2O3.H2/c1-2-3-15-8-13-9-16(11-17(23)20(13)24-15)25-21(26)22(6-7-22)14-4-5-18-19(10-14)28-12-27-18;/h4-5,8-11,24H,2-3,6-7,12H2,1H3,(H,25,26);1H. The van der Waals surface area contributed by atoms with Gasteiger partial charge < -0.3 is 19.8 Å². The largest absolute Gasteiger partial charge is 0.454 e. The number of ether oxygens (including phenoxy) is 2. The van der Waals surface area contributed by atoms with E-state index in [0.29, 0.717) is 22.7 Å². The van der Waals surface area contributed by atoms with Crippen molar-refractivity contribution in [2.75, 3.05) is 12.1 Å². The molecule has 2 heterocycles. The third-order valence-corrected chi connectivity index (χ3v) is 5.62. The van der Waals surface area contributed by atoms with Gasteiger partial charge in [-0.3, -0.25) is 4.79 Å². The zero-order chi connectivity index (χ0) is 19.3. The summed E-state index contributed by atoms with van der Waals surface area (Å²) in [5, 5.41) is 3.69. The number of anilines is 1. The molecule has 0 bridgehead atoms. The number of rotatable bonds is 5. The Bertz CT molecular complexity index is 1090. The van der Waals surface area contributed by atoms with Crippen LogP contribution in [0.4, 0.5) is 10.1 Å². The molecule has 1 fully saturated rings. The van der Waals surface area contributed by atoms with Crippen LogP contribution in [0.5, 0.6) is 11.5 Å². The highest BCUT2D eigenvalue weighted by atomic mass is 19.1. The zero-order valence-corrected chi connectivity index (χ0v) is 15.6. The number of fused-ring (bicyclic) bond motifs is 2. The van der Waals surface area contributed by atoms with Gasteiger partial charge in [0, 0.05) is 18.2 Å². The molecule has 2 N–H and O–H groups in total. The summed E-state index contributed by atoms with van der Waals surface area (Å²) in [4.78, 5) is 16.2. The quantitative estimate of drug-likeness (QED) is 0.659. The number of aryl methyl sites for hydroxylation is 1. The molecule has 5 nitrogen and oxygen atoms in total. The van der Waals surface area contributed by atoms with E-state index in [1.165, 1.54) is 6.07 Å². The molecule has 0 unspecified atom stereocenters. The van der Waals surface area contributed by atoms with Crippen LogP contribution in [0, 0.1) is 5.82 Å². The highest BCUT2D eigenvalue weighted by molar-refractivity contribution is 6.02. The fourth-order valence-electron chi connectivity index (χ4n) is 3.95. The summed E-state index contributed by atoms with van der Waals surface area (Å²) in [6.45, 7) is 2.28. The number of hydrogen-bond donors (Lipinski definition) is 2. The lowest BCUT2D eigenvalue weighted by atomic mass is 9.94. The molecule has 2 aromatic carbocycles. The van der Waals surface area contributed by atoms with Crippen molar-refractivity contribution in [1.82, 2.24) is 4.98 Å². The van der Waals surface area contributed by atoms with E-state index in [0.717, 1.165) is 42.3 Å². The van der Waals surface area contributed by atoms with Crippen LogP contribution in [-0.2, 0) is 16.6 Å². The molecule has 1 aliphatic heterocycles. The number of halogens is 1. The Hall–Kier alpha value is -3.02. The van der Waals surface area contributed by atoms with Gasteiger partial charge in [0.1, 0.15) is 5.82 Å². The molecular formula is C22H23FN2O3. The molecule has 1 aromatic heterocycles. The Kier molecular flexibility index (Phi) is 3.82. The Labute approximate surface area is 163 Å². The smallest absolute Gasteiger partial charge is 0.235 e.